The monoisotopic (exact) mass is 402 g/mol. The minimum Gasteiger partial charge on any atom is -0.457 e. The first-order valence-electron chi connectivity index (χ1n) is 9.40. The lowest BCUT2D eigenvalue weighted by atomic mass is 10.2. The number of nitrogens with zero attached hydrogens (tertiary/aromatic N) is 3. The fourth-order valence-corrected chi connectivity index (χ4v) is 2.84. The molecule has 0 spiro atoms. The largest absolute Gasteiger partial charge is 0.457 e. The van der Waals surface area contributed by atoms with Crippen molar-refractivity contribution >= 4 is 5.91 Å². The van der Waals surface area contributed by atoms with E-state index in [0.29, 0.717) is 24.6 Å². The van der Waals surface area contributed by atoms with Crippen LogP contribution in [0.4, 0.5) is 4.39 Å². The summed E-state index contributed by atoms with van der Waals surface area (Å²) >= 11 is 0. The number of benzene rings is 3. The standard InChI is InChI=1S/C23H19FN4O2/c24-19-8-12-21(13-9-19)30-20-10-6-17(7-11-20)14-25-23(29)22-16-28(27-26-22)15-18-4-2-1-3-5-18/h1-13,16H,14-15H2,(H,25,29). The van der Waals surface area contributed by atoms with Crippen LogP contribution in [0.15, 0.2) is 85.1 Å². The van der Waals surface area contributed by atoms with Crippen LogP contribution in [0.2, 0.25) is 0 Å². The van der Waals surface area contributed by atoms with Gasteiger partial charge in [-0.25, -0.2) is 9.07 Å². The van der Waals surface area contributed by atoms with Gasteiger partial charge in [-0.3, -0.25) is 4.79 Å². The van der Waals surface area contributed by atoms with Gasteiger partial charge in [0.15, 0.2) is 5.69 Å². The summed E-state index contributed by atoms with van der Waals surface area (Å²) in [5.74, 6) is 0.575. The maximum Gasteiger partial charge on any atom is 0.273 e. The van der Waals surface area contributed by atoms with Crippen molar-refractivity contribution in [1.29, 1.82) is 0 Å². The molecule has 0 unspecified atom stereocenters. The van der Waals surface area contributed by atoms with Crippen LogP contribution in [0.25, 0.3) is 0 Å². The van der Waals surface area contributed by atoms with E-state index in [9.17, 15) is 9.18 Å². The molecule has 0 aliphatic rings. The van der Waals surface area contributed by atoms with Crippen molar-refractivity contribution in [2.24, 2.45) is 0 Å². The van der Waals surface area contributed by atoms with Gasteiger partial charge in [-0.1, -0.05) is 47.7 Å². The number of hydrogen-bond donors (Lipinski definition) is 1. The van der Waals surface area contributed by atoms with Gasteiger partial charge >= 0.3 is 0 Å². The molecule has 0 saturated heterocycles. The molecule has 4 aromatic rings. The number of halogens is 1. The second-order valence-corrected chi connectivity index (χ2v) is 6.67. The number of hydrogen-bond acceptors (Lipinski definition) is 4. The highest BCUT2D eigenvalue weighted by Crippen LogP contribution is 2.21. The second-order valence-electron chi connectivity index (χ2n) is 6.67. The maximum absolute atomic E-state index is 13.0. The average Bonchev–Trinajstić information content (AvgIpc) is 3.24. The lowest BCUT2D eigenvalue weighted by Gasteiger charge is -2.07. The fourth-order valence-electron chi connectivity index (χ4n) is 2.84. The number of ether oxygens (including phenoxy) is 1. The highest BCUT2D eigenvalue weighted by Gasteiger charge is 2.11. The molecule has 0 atom stereocenters. The number of nitrogens with one attached hydrogen (secondary N) is 1. The second kappa shape index (κ2) is 9.00. The molecule has 0 bridgehead atoms. The minimum absolute atomic E-state index is 0.266. The first-order chi connectivity index (χ1) is 14.7. The molecule has 1 heterocycles. The van der Waals surface area contributed by atoms with E-state index in [0.717, 1.165) is 11.1 Å². The Bertz CT molecular complexity index is 1110. The van der Waals surface area contributed by atoms with Gasteiger partial charge in [-0.15, -0.1) is 5.10 Å². The summed E-state index contributed by atoms with van der Waals surface area (Å²) in [6.07, 6.45) is 1.63. The van der Waals surface area contributed by atoms with E-state index in [1.54, 1.807) is 35.1 Å². The summed E-state index contributed by atoms with van der Waals surface area (Å²) < 4.78 is 20.2. The summed E-state index contributed by atoms with van der Waals surface area (Å²) in [4.78, 5) is 12.3. The predicted octanol–water partition coefficient (Wildman–Crippen LogP) is 4.19. The topological polar surface area (TPSA) is 69.0 Å². The molecule has 0 radical (unpaired) electrons. The van der Waals surface area contributed by atoms with E-state index in [-0.39, 0.29) is 17.4 Å². The minimum atomic E-state index is -0.312. The molecular weight excluding hydrogens is 383 g/mol. The van der Waals surface area contributed by atoms with Crippen molar-refractivity contribution in [3.8, 4) is 11.5 Å². The van der Waals surface area contributed by atoms with Crippen molar-refractivity contribution in [2.45, 2.75) is 13.1 Å². The number of amides is 1. The Hall–Kier alpha value is -4.00. The first-order valence-corrected chi connectivity index (χ1v) is 9.40. The zero-order valence-electron chi connectivity index (χ0n) is 16.0. The van der Waals surface area contributed by atoms with Crippen molar-refractivity contribution in [3.05, 3.63) is 108 Å². The Morgan fingerprint density at radius 2 is 1.57 bits per heavy atom. The van der Waals surface area contributed by atoms with Crippen LogP contribution in [-0.2, 0) is 13.1 Å². The Morgan fingerprint density at radius 3 is 2.27 bits per heavy atom. The molecule has 0 saturated carbocycles. The molecule has 150 valence electrons. The lowest BCUT2D eigenvalue weighted by Crippen LogP contribution is -2.23. The van der Waals surface area contributed by atoms with Crippen LogP contribution in [0, 0.1) is 5.82 Å². The molecule has 0 fully saturated rings. The van der Waals surface area contributed by atoms with Gasteiger partial charge in [0.1, 0.15) is 17.3 Å². The molecule has 4 rings (SSSR count). The van der Waals surface area contributed by atoms with E-state index < -0.39 is 0 Å². The van der Waals surface area contributed by atoms with E-state index in [1.807, 2.05) is 42.5 Å². The smallest absolute Gasteiger partial charge is 0.273 e. The van der Waals surface area contributed by atoms with Crippen LogP contribution in [0.5, 0.6) is 11.5 Å². The van der Waals surface area contributed by atoms with E-state index in [2.05, 4.69) is 15.6 Å². The Balaban J connectivity index is 1.30. The first kappa shape index (κ1) is 19.3. The molecule has 3 aromatic carbocycles. The molecule has 0 aliphatic carbocycles. The van der Waals surface area contributed by atoms with E-state index in [1.165, 1.54) is 12.1 Å². The van der Waals surface area contributed by atoms with E-state index >= 15 is 0 Å². The highest BCUT2D eigenvalue weighted by molar-refractivity contribution is 5.91. The molecular formula is C23H19FN4O2. The van der Waals surface area contributed by atoms with Crippen molar-refractivity contribution < 1.29 is 13.9 Å². The highest BCUT2D eigenvalue weighted by atomic mass is 19.1. The Labute approximate surface area is 172 Å². The summed E-state index contributed by atoms with van der Waals surface area (Å²) in [6, 6.07) is 22.9. The summed E-state index contributed by atoms with van der Waals surface area (Å²) in [5, 5.41) is 10.8. The molecule has 6 nitrogen and oxygen atoms in total. The van der Waals surface area contributed by atoms with Gasteiger partial charge < -0.3 is 10.1 Å². The lowest BCUT2D eigenvalue weighted by molar-refractivity contribution is 0.0946. The summed E-state index contributed by atoms with van der Waals surface area (Å²) in [5.41, 5.74) is 2.26. The van der Waals surface area contributed by atoms with Gasteiger partial charge in [0.2, 0.25) is 0 Å². The average molecular weight is 402 g/mol. The molecule has 0 aliphatic heterocycles. The van der Waals surface area contributed by atoms with Crippen molar-refractivity contribution in [1.82, 2.24) is 20.3 Å². The van der Waals surface area contributed by atoms with Crippen LogP contribution >= 0.6 is 0 Å². The number of aromatic nitrogens is 3. The van der Waals surface area contributed by atoms with Crippen molar-refractivity contribution in [3.63, 3.8) is 0 Å². The summed E-state index contributed by atoms with van der Waals surface area (Å²) in [7, 11) is 0. The van der Waals surface area contributed by atoms with Gasteiger partial charge in [0.25, 0.3) is 5.91 Å². The van der Waals surface area contributed by atoms with Gasteiger partial charge in [-0.05, 0) is 47.5 Å². The normalized spacial score (nSPS) is 10.6. The van der Waals surface area contributed by atoms with Gasteiger partial charge in [-0.2, -0.15) is 0 Å². The van der Waals surface area contributed by atoms with Gasteiger partial charge in [0, 0.05) is 6.54 Å². The molecule has 1 N–H and O–H groups in total. The fraction of sp³-hybridized carbons (Fsp3) is 0.0870. The number of rotatable bonds is 7. The van der Waals surface area contributed by atoms with Gasteiger partial charge in [0.05, 0.1) is 12.7 Å². The Kier molecular flexibility index (Phi) is 5.80. The quantitative estimate of drug-likeness (QED) is 0.503. The van der Waals surface area contributed by atoms with Crippen molar-refractivity contribution in [2.75, 3.05) is 0 Å². The van der Waals surface area contributed by atoms with Crippen LogP contribution in [0.3, 0.4) is 0 Å². The molecule has 30 heavy (non-hydrogen) atoms. The third-order valence-corrected chi connectivity index (χ3v) is 4.38. The zero-order chi connectivity index (χ0) is 20.8. The zero-order valence-corrected chi connectivity index (χ0v) is 16.0. The SMILES string of the molecule is O=C(NCc1ccc(Oc2ccc(F)cc2)cc1)c1cn(Cc2ccccc2)nn1. The Morgan fingerprint density at radius 1 is 0.900 bits per heavy atom. The molecule has 1 aromatic heterocycles. The van der Waals surface area contributed by atoms with E-state index in [4.69, 9.17) is 4.74 Å². The predicted molar refractivity (Wildman–Crippen MR) is 110 cm³/mol. The van der Waals surface area contributed by atoms with Crippen LogP contribution in [0.1, 0.15) is 21.6 Å². The number of carbonyl (C=O) groups is 1. The molecule has 7 heteroatoms. The third-order valence-electron chi connectivity index (χ3n) is 4.38. The summed E-state index contributed by atoms with van der Waals surface area (Å²) in [6.45, 7) is 0.901. The maximum atomic E-state index is 13.0. The molecule has 1 amide bonds. The number of carbonyl (C=O) groups excluding carboxylic acids is 1. The van der Waals surface area contributed by atoms with Crippen LogP contribution in [-0.4, -0.2) is 20.9 Å². The third kappa shape index (κ3) is 5.08. The van der Waals surface area contributed by atoms with Crippen LogP contribution < -0.4 is 10.1 Å².